The van der Waals surface area contributed by atoms with Crippen LogP contribution in [0.2, 0.25) is 0 Å². The number of carbonyl (C=O) groups excluding carboxylic acids is 2. The number of hydrogen-bond acceptors (Lipinski definition) is 5. The van der Waals surface area contributed by atoms with E-state index < -0.39 is 28.9 Å². The van der Waals surface area contributed by atoms with Crippen molar-refractivity contribution in [1.82, 2.24) is 25.4 Å². The molecule has 41 heavy (non-hydrogen) atoms. The fourth-order valence-electron chi connectivity index (χ4n) is 4.78. The molecule has 2 unspecified atom stereocenters. The van der Waals surface area contributed by atoms with Gasteiger partial charge in [-0.25, -0.2) is 4.79 Å². The molecule has 230 valence electrons. The van der Waals surface area contributed by atoms with Crippen LogP contribution in [0.4, 0.5) is 0 Å². The van der Waals surface area contributed by atoms with Gasteiger partial charge < -0.3 is 30.5 Å². The van der Waals surface area contributed by atoms with Gasteiger partial charge in [0.2, 0.25) is 11.8 Å². The first kappa shape index (κ1) is 35.9. The van der Waals surface area contributed by atoms with E-state index in [-0.39, 0.29) is 23.9 Å². The van der Waals surface area contributed by atoms with Crippen LogP contribution in [0.25, 0.3) is 10.9 Å². The lowest BCUT2D eigenvalue weighted by atomic mass is 9.76. The Labute approximate surface area is 246 Å². The van der Waals surface area contributed by atoms with Gasteiger partial charge in [-0.15, -0.1) is 0 Å². The van der Waals surface area contributed by atoms with E-state index in [9.17, 15) is 14.4 Å². The molecule has 0 spiro atoms. The number of carbonyl (C=O) groups is 3. The molecule has 0 saturated heterocycles. The molecule has 1 aromatic heterocycles. The predicted molar refractivity (Wildman–Crippen MR) is 168 cm³/mol. The molecule has 9 nitrogen and oxygen atoms in total. The van der Waals surface area contributed by atoms with Gasteiger partial charge in [-0.2, -0.15) is 0 Å². The minimum Gasteiger partial charge on any atom is -0.478 e. The third kappa shape index (κ3) is 9.16. The standard InChI is InChI=1S/C29H45N5O4.C3H8/c1-18(27(37)38)13-14-33(9)26(36)24(28(2,3)4)32-25(35)23(31-8)29(5,6)21-17-34(10)22-15-19(16-30-7)11-12-20(21)22;1-3-2/h11-13,15,17,23-24,30-31H,14,16H2,1-10H3,(H,32,35)(H,37,38);3H2,1-2H3/b18-13+;. The molecular formula is C32H53N5O4. The number of nitrogens with one attached hydrogen (secondary N) is 3. The third-order valence-electron chi connectivity index (χ3n) is 7.19. The van der Waals surface area contributed by atoms with Crippen molar-refractivity contribution in [3.63, 3.8) is 0 Å². The fourth-order valence-corrected chi connectivity index (χ4v) is 4.78. The number of benzene rings is 1. The maximum absolute atomic E-state index is 13.8. The average molecular weight is 572 g/mol. The van der Waals surface area contributed by atoms with Gasteiger partial charge in [0.25, 0.3) is 0 Å². The highest BCUT2D eigenvalue weighted by Gasteiger charge is 2.41. The van der Waals surface area contributed by atoms with Crippen LogP contribution < -0.4 is 16.0 Å². The van der Waals surface area contributed by atoms with E-state index in [0.29, 0.717) is 0 Å². The Kier molecular flexibility index (Phi) is 13.3. The number of aryl methyl sites for hydroxylation is 1. The quantitative estimate of drug-likeness (QED) is 0.301. The fraction of sp³-hybridized carbons (Fsp3) is 0.594. The molecular weight excluding hydrogens is 518 g/mol. The van der Waals surface area contributed by atoms with E-state index >= 15 is 0 Å². The summed E-state index contributed by atoms with van der Waals surface area (Å²) in [6.07, 6.45) is 4.81. The van der Waals surface area contributed by atoms with Crippen molar-refractivity contribution >= 4 is 28.7 Å². The van der Waals surface area contributed by atoms with E-state index in [1.807, 2.05) is 48.7 Å². The van der Waals surface area contributed by atoms with Crippen molar-refractivity contribution in [3.05, 3.63) is 47.2 Å². The number of aromatic nitrogens is 1. The lowest BCUT2D eigenvalue weighted by molar-refractivity contribution is -0.139. The summed E-state index contributed by atoms with van der Waals surface area (Å²) in [6.45, 7) is 16.4. The Bertz CT molecular complexity index is 1220. The summed E-state index contributed by atoms with van der Waals surface area (Å²) in [5.41, 5.74) is 2.28. The van der Waals surface area contributed by atoms with Crippen molar-refractivity contribution in [2.45, 2.75) is 85.9 Å². The summed E-state index contributed by atoms with van der Waals surface area (Å²) in [4.78, 5) is 39.7. The summed E-state index contributed by atoms with van der Waals surface area (Å²) in [7, 11) is 7.28. The number of carboxylic acids is 1. The highest BCUT2D eigenvalue weighted by Crippen LogP contribution is 2.35. The van der Waals surface area contributed by atoms with Crippen LogP contribution in [0.1, 0.15) is 72.9 Å². The zero-order chi connectivity index (χ0) is 31.7. The zero-order valence-corrected chi connectivity index (χ0v) is 27.2. The molecule has 0 saturated carbocycles. The maximum Gasteiger partial charge on any atom is 0.331 e. The van der Waals surface area contributed by atoms with Gasteiger partial charge in [0.05, 0.1) is 6.04 Å². The van der Waals surface area contributed by atoms with E-state index in [1.165, 1.54) is 29.9 Å². The van der Waals surface area contributed by atoms with Gasteiger partial charge in [0.15, 0.2) is 0 Å². The van der Waals surface area contributed by atoms with E-state index in [0.717, 1.165) is 23.0 Å². The monoisotopic (exact) mass is 571 g/mol. The Balaban J connectivity index is 0.00000268. The SMILES string of the molecule is CCC.CNCc1ccc2c(C(C)(C)C(NC)C(=O)NC(C(=O)N(C)C/C=C(\C)C(=O)O)C(C)(C)C)cn(C)c2c1. The Morgan fingerprint density at radius 2 is 1.66 bits per heavy atom. The Morgan fingerprint density at radius 1 is 1.07 bits per heavy atom. The van der Waals surface area contributed by atoms with E-state index in [4.69, 9.17) is 5.11 Å². The van der Waals surface area contributed by atoms with Crippen molar-refractivity contribution in [2.24, 2.45) is 12.5 Å². The molecule has 9 heteroatoms. The molecule has 2 aromatic rings. The number of hydrogen-bond donors (Lipinski definition) is 4. The maximum atomic E-state index is 13.8. The molecule has 0 aliphatic carbocycles. The molecule has 1 heterocycles. The number of carboxylic acid groups (broad SMARTS) is 1. The summed E-state index contributed by atoms with van der Waals surface area (Å²) < 4.78 is 2.08. The number of amides is 2. The second-order valence-corrected chi connectivity index (χ2v) is 12.4. The van der Waals surface area contributed by atoms with Crippen LogP contribution in [0.3, 0.4) is 0 Å². The van der Waals surface area contributed by atoms with Crippen LogP contribution in [0.15, 0.2) is 36.0 Å². The first-order chi connectivity index (χ1) is 19.0. The third-order valence-corrected chi connectivity index (χ3v) is 7.19. The van der Waals surface area contributed by atoms with Crippen LogP contribution in [0, 0.1) is 5.41 Å². The molecule has 0 bridgehead atoms. The van der Waals surface area contributed by atoms with Crippen molar-refractivity contribution in [3.8, 4) is 0 Å². The van der Waals surface area contributed by atoms with Gasteiger partial charge in [-0.05, 0) is 43.6 Å². The van der Waals surface area contributed by atoms with Gasteiger partial charge in [0.1, 0.15) is 6.04 Å². The predicted octanol–water partition coefficient (Wildman–Crippen LogP) is 4.20. The second-order valence-electron chi connectivity index (χ2n) is 12.4. The highest BCUT2D eigenvalue weighted by atomic mass is 16.4. The van der Waals surface area contributed by atoms with Crippen molar-refractivity contribution in [2.75, 3.05) is 27.7 Å². The first-order valence-corrected chi connectivity index (χ1v) is 14.3. The molecule has 2 rings (SSSR count). The van der Waals surface area contributed by atoms with Crippen molar-refractivity contribution < 1.29 is 19.5 Å². The number of fused-ring (bicyclic) bond motifs is 1. The summed E-state index contributed by atoms with van der Waals surface area (Å²) >= 11 is 0. The van der Waals surface area contributed by atoms with Gasteiger partial charge >= 0.3 is 5.97 Å². The Hall–Kier alpha value is -3.17. The van der Waals surface area contributed by atoms with Crippen molar-refractivity contribution in [1.29, 1.82) is 0 Å². The van der Waals surface area contributed by atoms with Crippen LogP contribution >= 0.6 is 0 Å². The summed E-state index contributed by atoms with van der Waals surface area (Å²) in [5.74, 6) is -1.59. The lowest BCUT2D eigenvalue weighted by Crippen LogP contribution is -2.60. The topological polar surface area (TPSA) is 116 Å². The second kappa shape index (κ2) is 15.2. The van der Waals surface area contributed by atoms with Crippen LogP contribution in [-0.4, -0.2) is 72.1 Å². The van der Waals surface area contributed by atoms with Crippen LogP contribution in [-0.2, 0) is 33.4 Å². The first-order valence-electron chi connectivity index (χ1n) is 14.3. The zero-order valence-electron chi connectivity index (χ0n) is 27.2. The molecule has 0 radical (unpaired) electrons. The number of nitrogens with zero attached hydrogens (tertiary/aromatic N) is 2. The van der Waals surface area contributed by atoms with Crippen LogP contribution in [0.5, 0.6) is 0 Å². The average Bonchev–Trinajstić information content (AvgIpc) is 3.22. The molecule has 4 N–H and O–H groups in total. The molecule has 0 fully saturated rings. The number of likely N-dealkylation sites (N-methyl/N-ethyl adjacent to an activating group) is 2. The van der Waals surface area contributed by atoms with Gasteiger partial charge in [-0.1, -0.05) is 73.1 Å². The highest BCUT2D eigenvalue weighted by molar-refractivity contribution is 5.93. The molecule has 0 aliphatic rings. The number of rotatable bonds is 11. The number of aliphatic carboxylic acids is 1. The summed E-state index contributed by atoms with van der Waals surface area (Å²) in [5, 5.41) is 19.6. The van der Waals surface area contributed by atoms with Gasteiger partial charge in [-0.3, -0.25) is 9.59 Å². The summed E-state index contributed by atoms with van der Waals surface area (Å²) in [6, 6.07) is 4.93. The minimum absolute atomic E-state index is 0.131. The molecule has 0 aliphatic heterocycles. The molecule has 1 aromatic carbocycles. The normalized spacial score (nSPS) is 13.7. The minimum atomic E-state index is -1.03. The largest absolute Gasteiger partial charge is 0.478 e. The molecule has 2 amide bonds. The molecule has 2 atom stereocenters. The lowest BCUT2D eigenvalue weighted by Gasteiger charge is -2.38. The van der Waals surface area contributed by atoms with Gasteiger partial charge in [0, 0.05) is 55.3 Å². The van der Waals surface area contributed by atoms with E-state index in [2.05, 4.69) is 58.8 Å². The Morgan fingerprint density at radius 3 is 2.15 bits per heavy atom. The van der Waals surface area contributed by atoms with E-state index in [1.54, 1.807) is 14.1 Å². The smallest absolute Gasteiger partial charge is 0.331 e.